The van der Waals surface area contributed by atoms with E-state index in [4.69, 9.17) is 24.8 Å². The van der Waals surface area contributed by atoms with Gasteiger partial charge in [-0.3, -0.25) is 0 Å². The van der Waals surface area contributed by atoms with Gasteiger partial charge in [-0.05, 0) is 28.1 Å². The van der Waals surface area contributed by atoms with Crippen molar-refractivity contribution in [3.63, 3.8) is 0 Å². The molecule has 0 bridgehead atoms. The first-order chi connectivity index (χ1) is 10.4. The van der Waals surface area contributed by atoms with Crippen LogP contribution >= 0.6 is 15.9 Å². The second-order valence-electron chi connectivity index (χ2n) is 4.12. The van der Waals surface area contributed by atoms with E-state index in [0.717, 1.165) is 0 Å². The van der Waals surface area contributed by atoms with Gasteiger partial charge >= 0.3 is 14.6 Å². The van der Waals surface area contributed by atoms with E-state index in [9.17, 15) is 4.39 Å². The summed E-state index contributed by atoms with van der Waals surface area (Å²) in [6, 6.07) is 8.72. The largest absolute Gasteiger partial charge is 0.707 e. The van der Waals surface area contributed by atoms with Crippen molar-refractivity contribution < 1.29 is 33.8 Å². The lowest BCUT2D eigenvalue weighted by Crippen LogP contribution is -2.21. The molecule has 0 aromatic heterocycles. The molecule has 0 amide bonds. The third kappa shape index (κ3) is 3.79. The quantitative estimate of drug-likeness (QED) is 0.585. The molecule has 10 heteroatoms. The Bertz CT molecular complexity index is 613. The zero-order valence-corrected chi connectivity index (χ0v) is 12.6. The molecule has 0 radical (unpaired) electrons. The summed E-state index contributed by atoms with van der Waals surface area (Å²) < 4.78 is 24.0. The fourth-order valence-corrected chi connectivity index (χ4v) is 2.42. The summed E-state index contributed by atoms with van der Waals surface area (Å²) in [5.74, 6) is -1.05. The Morgan fingerprint density at radius 1 is 0.818 bits per heavy atom. The monoisotopic (exact) mass is 370 g/mol. The molecular weight excluding hydrogens is 361 g/mol. The lowest BCUT2D eigenvalue weighted by atomic mass is 10.0. The molecule has 2 rings (SSSR count). The maximum Gasteiger partial charge on any atom is 0.707 e. The van der Waals surface area contributed by atoms with Crippen LogP contribution in [-0.2, 0) is 0 Å². The van der Waals surface area contributed by atoms with Crippen LogP contribution in [0.5, 0.6) is 11.5 Å². The van der Waals surface area contributed by atoms with Crippen LogP contribution in [-0.4, -0.2) is 34.7 Å². The van der Waals surface area contributed by atoms with Crippen LogP contribution in [0.25, 0.3) is 11.1 Å². The predicted octanol–water partition coefficient (Wildman–Crippen LogP) is 0.952. The molecule has 0 heterocycles. The van der Waals surface area contributed by atoms with E-state index in [1.807, 2.05) is 0 Å². The van der Waals surface area contributed by atoms with E-state index in [1.54, 1.807) is 6.07 Å². The summed E-state index contributed by atoms with van der Waals surface area (Å²) in [5, 5.41) is 35.2. The van der Waals surface area contributed by atoms with E-state index in [2.05, 4.69) is 20.6 Å². The lowest BCUT2D eigenvalue weighted by Gasteiger charge is -2.13. The van der Waals surface area contributed by atoms with Gasteiger partial charge in [0.2, 0.25) is 0 Å². The topological polar surface area (TPSA) is 99.4 Å². The van der Waals surface area contributed by atoms with Crippen LogP contribution in [0.15, 0.2) is 40.9 Å². The highest BCUT2D eigenvalue weighted by atomic mass is 79.9. The highest BCUT2D eigenvalue weighted by Crippen LogP contribution is 2.38. The zero-order chi connectivity index (χ0) is 16.3. The predicted molar refractivity (Wildman–Crippen MR) is 81.2 cm³/mol. The van der Waals surface area contributed by atoms with Gasteiger partial charge in [-0.1, -0.05) is 24.3 Å². The lowest BCUT2D eigenvalue weighted by molar-refractivity contribution is 0.281. The standard InChI is InChI=1S/C12H10B2BrFO6/c15-11-7(3-1-5-9(11)21-13(17)18)8-4-2-6-10(12(8)16)22-14(19)20/h1-6,17-20H. The smallest absolute Gasteiger partial charge is 0.511 e. The average molecular weight is 371 g/mol. The van der Waals surface area contributed by atoms with Crippen LogP contribution in [0.1, 0.15) is 0 Å². The number of rotatable bonds is 5. The molecule has 2 aromatic carbocycles. The minimum atomic E-state index is -2.15. The Morgan fingerprint density at radius 2 is 1.32 bits per heavy atom. The van der Waals surface area contributed by atoms with Crippen molar-refractivity contribution in [1.82, 2.24) is 0 Å². The van der Waals surface area contributed by atoms with Crippen molar-refractivity contribution in [2.24, 2.45) is 0 Å². The number of benzene rings is 2. The second-order valence-corrected chi connectivity index (χ2v) is 4.92. The normalized spacial score (nSPS) is 10.3. The van der Waals surface area contributed by atoms with Crippen molar-refractivity contribution in [3.8, 4) is 22.6 Å². The molecule has 0 saturated heterocycles. The Labute approximate surface area is 134 Å². The Balaban J connectivity index is 2.48. The maximum atomic E-state index is 14.4. The molecule has 6 nitrogen and oxygen atoms in total. The van der Waals surface area contributed by atoms with Crippen molar-refractivity contribution in [3.05, 3.63) is 46.7 Å². The van der Waals surface area contributed by atoms with E-state index < -0.39 is 20.5 Å². The van der Waals surface area contributed by atoms with Gasteiger partial charge in [0.25, 0.3) is 0 Å². The average Bonchev–Trinajstić information content (AvgIpc) is 2.43. The molecule has 0 saturated carbocycles. The summed E-state index contributed by atoms with van der Waals surface area (Å²) in [7, 11) is -4.16. The van der Waals surface area contributed by atoms with E-state index in [0.29, 0.717) is 10.0 Å². The van der Waals surface area contributed by atoms with Crippen LogP contribution in [0.4, 0.5) is 4.39 Å². The highest BCUT2D eigenvalue weighted by molar-refractivity contribution is 9.10. The summed E-state index contributed by atoms with van der Waals surface area (Å²) in [6.07, 6.45) is 0. The fourth-order valence-electron chi connectivity index (χ4n) is 1.85. The van der Waals surface area contributed by atoms with Crippen molar-refractivity contribution in [2.45, 2.75) is 0 Å². The Morgan fingerprint density at radius 3 is 1.91 bits per heavy atom. The Kier molecular flexibility index (Phi) is 5.43. The van der Waals surface area contributed by atoms with Gasteiger partial charge in [-0.25, -0.2) is 4.39 Å². The molecule has 22 heavy (non-hydrogen) atoms. The Hall–Kier alpha value is -1.58. The van der Waals surface area contributed by atoms with Gasteiger partial charge in [-0.15, -0.1) is 0 Å². The van der Waals surface area contributed by atoms with E-state index >= 15 is 0 Å². The van der Waals surface area contributed by atoms with Crippen LogP contribution < -0.4 is 9.31 Å². The highest BCUT2D eigenvalue weighted by Gasteiger charge is 2.20. The van der Waals surface area contributed by atoms with Gasteiger partial charge in [0.15, 0.2) is 5.82 Å². The molecule has 114 valence electrons. The van der Waals surface area contributed by atoms with Crippen molar-refractivity contribution in [1.29, 1.82) is 0 Å². The molecule has 2 aromatic rings. The molecular formula is C12H10B2BrFO6. The molecule has 4 N–H and O–H groups in total. The molecule has 0 aliphatic rings. The zero-order valence-electron chi connectivity index (χ0n) is 11.0. The molecule has 0 aliphatic carbocycles. The minimum absolute atomic E-state index is 0.0976. The number of halogens is 2. The first kappa shape index (κ1) is 16.8. The van der Waals surface area contributed by atoms with Gasteiger partial charge in [0.1, 0.15) is 11.5 Å². The van der Waals surface area contributed by atoms with Crippen molar-refractivity contribution >= 4 is 30.6 Å². The van der Waals surface area contributed by atoms with Gasteiger partial charge in [0.05, 0.1) is 4.47 Å². The molecule has 0 atom stereocenters. The summed E-state index contributed by atoms with van der Waals surface area (Å²) in [5.41, 5.74) is 0.455. The first-order valence-electron chi connectivity index (χ1n) is 6.03. The second kappa shape index (κ2) is 7.12. The SMILES string of the molecule is OB(O)Oc1cccc(-c2cccc(OB(O)O)c2Br)c1F. The number of hydrogen-bond donors (Lipinski definition) is 4. The van der Waals surface area contributed by atoms with Gasteiger partial charge < -0.3 is 29.4 Å². The van der Waals surface area contributed by atoms with Crippen LogP contribution in [0.2, 0.25) is 0 Å². The number of hydrogen-bond acceptors (Lipinski definition) is 6. The van der Waals surface area contributed by atoms with Crippen LogP contribution in [0, 0.1) is 5.82 Å². The summed E-state index contributed by atoms with van der Waals surface area (Å²) in [4.78, 5) is 0. The molecule has 0 unspecified atom stereocenters. The van der Waals surface area contributed by atoms with Gasteiger partial charge in [-0.2, -0.15) is 0 Å². The molecule has 0 aliphatic heterocycles. The summed E-state index contributed by atoms with van der Waals surface area (Å²) >= 11 is 3.20. The minimum Gasteiger partial charge on any atom is -0.511 e. The van der Waals surface area contributed by atoms with Crippen LogP contribution in [0.3, 0.4) is 0 Å². The van der Waals surface area contributed by atoms with Crippen molar-refractivity contribution in [2.75, 3.05) is 0 Å². The van der Waals surface area contributed by atoms with Gasteiger partial charge in [0, 0.05) is 11.1 Å². The maximum absolute atomic E-state index is 14.4. The third-order valence-corrected chi connectivity index (χ3v) is 3.50. The molecule has 0 fully saturated rings. The summed E-state index contributed by atoms with van der Waals surface area (Å²) in [6.45, 7) is 0. The van der Waals surface area contributed by atoms with E-state index in [1.165, 1.54) is 30.3 Å². The molecule has 0 spiro atoms. The first-order valence-corrected chi connectivity index (χ1v) is 6.82. The third-order valence-electron chi connectivity index (χ3n) is 2.68. The van der Waals surface area contributed by atoms with E-state index in [-0.39, 0.29) is 17.1 Å². The fraction of sp³-hybridized carbons (Fsp3) is 0.